The van der Waals surface area contributed by atoms with Gasteiger partial charge in [0, 0.05) is 11.0 Å². The first-order chi connectivity index (χ1) is 9.21. The summed E-state index contributed by atoms with van der Waals surface area (Å²) in [4.78, 5) is 12.9. The van der Waals surface area contributed by atoms with Gasteiger partial charge >= 0.3 is 0 Å². The summed E-state index contributed by atoms with van der Waals surface area (Å²) in [5.41, 5.74) is 0.664. The van der Waals surface area contributed by atoms with Gasteiger partial charge in [0.15, 0.2) is 5.78 Å². The fourth-order valence-corrected chi connectivity index (χ4v) is 2.95. The molecule has 0 aromatic heterocycles. The molecule has 0 saturated carbocycles. The number of carbonyl (C=O) groups is 1. The Morgan fingerprint density at radius 2 is 1.74 bits per heavy atom. The average molecular weight is 253 g/mol. The molecule has 1 fully saturated rings. The summed E-state index contributed by atoms with van der Waals surface area (Å²) in [7, 11) is 0. The Bertz CT molecular complexity index is 606. The molecule has 0 atom stereocenters. The molecule has 0 radical (unpaired) electrons. The maximum absolute atomic E-state index is 12.9. The van der Waals surface area contributed by atoms with E-state index < -0.39 is 0 Å². The Labute approximate surface area is 113 Å². The number of carbonyl (C=O) groups excluding carboxylic acids is 1. The second-order valence-electron chi connectivity index (χ2n) is 5.67. The van der Waals surface area contributed by atoms with Crippen LogP contribution in [0.1, 0.15) is 30.1 Å². The number of Topliss-reactive ketones (excluding diaryl/α,β-unsaturated/α-hetero) is 1. The first kappa shape index (κ1) is 12.4. The standard InChI is InChI=1S/C17H19NO/c1-17(9-11-18-12-10-17)16(19)15-8-4-6-13-5-2-3-7-14(13)15/h2-8,18H,9-12H2,1H3. The normalized spacial score (nSPS) is 18.4. The van der Waals surface area contributed by atoms with Gasteiger partial charge in [-0.15, -0.1) is 0 Å². The molecule has 2 heteroatoms. The highest BCUT2D eigenvalue weighted by atomic mass is 16.1. The maximum Gasteiger partial charge on any atom is 0.169 e. The van der Waals surface area contributed by atoms with Crippen LogP contribution in [0.25, 0.3) is 10.8 Å². The largest absolute Gasteiger partial charge is 0.317 e. The molecule has 0 aliphatic carbocycles. The Morgan fingerprint density at radius 1 is 1.05 bits per heavy atom. The van der Waals surface area contributed by atoms with Crippen molar-refractivity contribution in [3.05, 3.63) is 48.0 Å². The summed E-state index contributed by atoms with van der Waals surface area (Å²) in [6.07, 6.45) is 1.85. The minimum atomic E-state index is -0.213. The molecule has 0 bridgehead atoms. The summed E-state index contributed by atoms with van der Waals surface area (Å²) >= 11 is 0. The Kier molecular flexibility index (Phi) is 3.11. The monoisotopic (exact) mass is 253 g/mol. The van der Waals surface area contributed by atoms with E-state index in [2.05, 4.69) is 24.4 Å². The second-order valence-corrected chi connectivity index (χ2v) is 5.67. The van der Waals surface area contributed by atoms with Crippen LogP contribution in [0.2, 0.25) is 0 Å². The quantitative estimate of drug-likeness (QED) is 0.831. The molecule has 3 rings (SSSR count). The van der Waals surface area contributed by atoms with Crippen molar-refractivity contribution in [3.8, 4) is 0 Å². The van der Waals surface area contributed by atoms with Crippen LogP contribution >= 0.6 is 0 Å². The van der Waals surface area contributed by atoms with Crippen LogP contribution in [-0.2, 0) is 0 Å². The maximum atomic E-state index is 12.9. The van der Waals surface area contributed by atoms with Crippen LogP contribution in [0, 0.1) is 5.41 Å². The van der Waals surface area contributed by atoms with E-state index in [4.69, 9.17) is 0 Å². The molecule has 98 valence electrons. The lowest BCUT2D eigenvalue weighted by Crippen LogP contribution is -2.40. The molecule has 1 N–H and O–H groups in total. The lowest BCUT2D eigenvalue weighted by molar-refractivity contribution is 0.0764. The van der Waals surface area contributed by atoms with Crippen molar-refractivity contribution in [2.24, 2.45) is 5.41 Å². The summed E-state index contributed by atoms with van der Waals surface area (Å²) < 4.78 is 0. The van der Waals surface area contributed by atoms with Gasteiger partial charge in [0.2, 0.25) is 0 Å². The van der Waals surface area contributed by atoms with Crippen molar-refractivity contribution in [2.75, 3.05) is 13.1 Å². The van der Waals surface area contributed by atoms with Gasteiger partial charge in [-0.3, -0.25) is 4.79 Å². The molecule has 2 nitrogen and oxygen atoms in total. The van der Waals surface area contributed by atoms with Crippen molar-refractivity contribution < 1.29 is 4.79 Å². The predicted octanol–water partition coefficient (Wildman–Crippen LogP) is 3.41. The van der Waals surface area contributed by atoms with Crippen LogP contribution in [-0.4, -0.2) is 18.9 Å². The molecule has 2 aromatic rings. The van der Waals surface area contributed by atoms with Gasteiger partial charge in [-0.1, -0.05) is 49.4 Å². The molecular weight excluding hydrogens is 234 g/mol. The van der Waals surface area contributed by atoms with Gasteiger partial charge in [-0.2, -0.15) is 0 Å². The number of nitrogens with one attached hydrogen (secondary N) is 1. The highest BCUT2D eigenvalue weighted by molar-refractivity contribution is 6.10. The second kappa shape index (κ2) is 4.78. The molecule has 0 spiro atoms. The number of benzene rings is 2. The molecule has 0 unspecified atom stereocenters. The van der Waals surface area contributed by atoms with Crippen LogP contribution in [0.15, 0.2) is 42.5 Å². The third kappa shape index (κ3) is 2.17. The summed E-state index contributed by atoms with van der Waals surface area (Å²) in [5.74, 6) is 0.297. The Morgan fingerprint density at radius 3 is 2.53 bits per heavy atom. The SMILES string of the molecule is CC1(C(=O)c2cccc3ccccc23)CCNCC1. The summed E-state index contributed by atoms with van der Waals surface area (Å²) in [5, 5.41) is 5.55. The number of piperidine rings is 1. The highest BCUT2D eigenvalue weighted by Crippen LogP contribution is 2.34. The van der Waals surface area contributed by atoms with Crippen molar-refractivity contribution in [1.29, 1.82) is 0 Å². The van der Waals surface area contributed by atoms with E-state index in [-0.39, 0.29) is 5.41 Å². The summed E-state index contributed by atoms with van der Waals surface area (Å²) in [6.45, 7) is 3.98. The van der Waals surface area contributed by atoms with Crippen LogP contribution < -0.4 is 5.32 Å². The van der Waals surface area contributed by atoms with E-state index >= 15 is 0 Å². The Balaban J connectivity index is 2.06. The van der Waals surface area contributed by atoms with E-state index in [0.29, 0.717) is 5.78 Å². The minimum Gasteiger partial charge on any atom is -0.317 e. The van der Waals surface area contributed by atoms with Gasteiger partial charge in [0.05, 0.1) is 0 Å². The first-order valence-corrected chi connectivity index (χ1v) is 6.94. The van der Waals surface area contributed by atoms with Crippen molar-refractivity contribution in [2.45, 2.75) is 19.8 Å². The van der Waals surface area contributed by atoms with E-state index in [9.17, 15) is 4.79 Å². The summed E-state index contributed by atoms with van der Waals surface area (Å²) in [6, 6.07) is 14.2. The first-order valence-electron chi connectivity index (χ1n) is 6.94. The van der Waals surface area contributed by atoms with Crippen LogP contribution in [0.3, 0.4) is 0 Å². The highest BCUT2D eigenvalue weighted by Gasteiger charge is 2.35. The molecule has 1 aliphatic heterocycles. The zero-order chi connectivity index (χ0) is 13.3. The lowest BCUT2D eigenvalue weighted by Gasteiger charge is -2.32. The number of rotatable bonds is 2. The lowest BCUT2D eigenvalue weighted by atomic mass is 9.74. The molecular formula is C17H19NO. The topological polar surface area (TPSA) is 29.1 Å². The zero-order valence-electron chi connectivity index (χ0n) is 11.3. The van der Waals surface area contributed by atoms with Crippen molar-refractivity contribution >= 4 is 16.6 Å². The Hall–Kier alpha value is -1.67. The number of ketones is 1. The number of hydrogen-bond acceptors (Lipinski definition) is 2. The van der Waals surface area contributed by atoms with E-state index in [1.54, 1.807) is 0 Å². The zero-order valence-corrected chi connectivity index (χ0v) is 11.3. The number of fused-ring (bicyclic) bond motifs is 1. The fourth-order valence-electron chi connectivity index (χ4n) is 2.95. The fraction of sp³-hybridized carbons (Fsp3) is 0.353. The van der Waals surface area contributed by atoms with Gasteiger partial charge in [-0.25, -0.2) is 0 Å². The molecule has 1 aliphatic rings. The van der Waals surface area contributed by atoms with Gasteiger partial charge in [-0.05, 0) is 36.7 Å². The molecule has 19 heavy (non-hydrogen) atoms. The average Bonchev–Trinajstić information content (AvgIpc) is 2.47. The minimum absolute atomic E-state index is 0.213. The van der Waals surface area contributed by atoms with E-state index in [1.807, 2.05) is 30.3 Å². The van der Waals surface area contributed by atoms with E-state index in [1.165, 1.54) is 0 Å². The van der Waals surface area contributed by atoms with Gasteiger partial charge < -0.3 is 5.32 Å². The molecule has 0 amide bonds. The van der Waals surface area contributed by atoms with Crippen LogP contribution in [0.5, 0.6) is 0 Å². The van der Waals surface area contributed by atoms with Crippen molar-refractivity contribution in [3.63, 3.8) is 0 Å². The van der Waals surface area contributed by atoms with Gasteiger partial charge in [0.1, 0.15) is 0 Å². The predicted molar refractivity (Wildman–Crippen MR) is 78.5 cm³/mol. The third-order valence-electron chi connectivity index (χ3n) is 4.29. The van der Waals surface area contributed by atoms with Gasteiger partial charge in [0.25, 0.3) is 0 Å². The van der Waals surface area contributed by atoms with E-state index in [0.717, 1.165) is 42.3 Å². The molecule has 1 heterocycles. The number of hydrogen-bond donors (Lipinski definition) is 1. The smallest absolute Gasteiger partial charge is 0.169 e. The molecule has 2 aromatic carbocycles. The van der Waals surface area contributed by atoms with Crippen molar-refractivity contribution in [1.82, 2.24) is 5.32 Å². The van der Waals surface area contributed by atoms with Crippen LogP contribution in [0.4, 0.5) is 0 Å². The molecule has 1 saturated heterocycles. The third-order valence-corrected chi connectivity index (χ3v) is 4.29.